The van der Waals surface area contributed by atoms with E-state index in [0.29, 0.717) is 0 Å². The lowest BCUT2D eigenvalue weighted by Gasteiger charge is -2.40. The second kappa shape index (κ2) is 10.5. The third-order valence-electron chi connectivity index (χ3n) is 4.14. The van der Waals surface area contributed by atoms with Crippen LogP contribution < -0.4 is 5.32 Å². The number of hydrogen-bond donors (Lipinski definition) is 10. The van der Waals surface area contributed by atoms with Gasteiger partial charge in [0.15, 0.2) is 12.6 Å². The van der Waals surface area contributed by atoms with Crippen LogP contribution in [0.4, 0.5) is 0 Å². The lowest BCUT2D eigenvalue weighted by atomic mass is 9.97. The number of carbonyl (C=O) groups excluding carboxylic acids is 1. The molecule has 1 amide bonds. The van der Waals surface area contributed by atoms with E-state index in [2.05, 4.69) is 10.1 Å². The molecule has 27 heavy (non-hydrogen) atoms. The largest absolute Gasteiger partial charge is 0.394 e. The average Bonchev–Trinajstić information content (AvgIpc) is 2.63. The van der Waals surface area contributed by atoms with Crippen LogP contribution in [0.1, 0.15) is 6.92 Å². The molecule has 13 nitrogen and oxygen atoms in total. The second-order valence-electron chi connectivity index (χ2n) is 6.17. The normalized spacial score (nSPS) is 44.8. The fourth-order valence-corrected chi connectivity index (χ4v) is 2.57. The van der Waals surface area contributed by atoms with Crippen molar-refractivity contribution in [3.05, 3.63) is 0 Å². The van der Waals surface area contributed by atoms with Crippen LogP contribution in [-0.2, 0) is 14.3 Å². The summed E-state index contributed by atoms with van der Waals surface area (Å²) >= 11 is 0. The minimum Gasteiger partial charge on any atom is -0.394 e. The Morgan fingerprint density at radius 1 is 0.741 bits per heavy atom. The van der Waals surface area contributed by atoms with Gasteiger partial charge < -0.3 is 60.7 Å². The van der Waals surface area contributed by atoms with Crippen molar-refractivity contribution in [1.29, 1.82) is 0 Å². The lowest BCUT2D eigenvalue weighted by Crippen LogP contribution is -2.63. The predicted molar refractivity (Wildman–Crippen MR) is 83.6 cm³/mol. The van der Waals surface area contributed by atoms with Gasteiger partial charge in [-0.05, 0) is 0 Å². The van der Waals surface area contributed by atoms with Crippen molar-refractivity contribution in [2.45, 2.75) is 68.3 Å². The van der Waals surface area contributed by atoms with Crippen molar-refractivity contribution >= 4 is 5.91 Å². The van der Waals surface area contributed by atoms with Gasteiger partial charge in [-0.15, -0.1) is 0 Å². The van der Waals surface area contributed by atoms with Gasteiger partial charge in [-0.3, -0.25) is 4.79 Å². The Kier molecular flexibility index (Phi) is 9.40. The number of aliphatic hydroxyl groups excluding tert-OH is 9. The summed E-state index contributed by atoms with van der Waals surface area (Å²) < 4.78 is 9.39. The first-order chi connectivity index (χ1) is 12.5. The van der Waals surface area contributed by atoms with Crippen molar-refractivity contribution in [1.82, 2.24) is 5.32 Å². The second-order valence-corrected chi connectivity index (χ2v) is 6.17. The molecule has 0 radical (unpaired) electrons. The van der Waals surface area contributed by atoms with E-state index >= 15 is 0 Å². The SMILES string of the molecule is CC(=O)N[C@H]1C(O)O[C@H](CO)[C@H](O)[C@@H]1O.OC[C@H]1O[C@H](O)[C@@H](O)[C@@H](O)[C@@H]1O. The highest BCUT2D eigenvalue weighted by molar-refractivity contribution is 5.73. The maximum absolute atomic E-state index is 10.7. The highest BCUT2D eigenvalue weighted by Crippen LogP contribution is 2.20. The molecule has 10 N–H and O–H groups in total. The minimum atomic E-state index is -1.57. The number of carbonyl (C=O) groups is 1. The van der Waals surface area contributed by atoms with Crippen LogP contribution in [0, 0.1) is 0 Å². The molecule has 0 saturated carbocycles. The molecule has 160 valence electrons. The molecule has 2 saturated heterocycles. The van der Waals surface area contributed by atoms with Gasteiger partial charge >= 0.3 is 0 Å². The number of aliphatic hydroxyl groups is 9. The molecule has 0 spiro atoms. The molecule has 2 rings (SSSR count). The fourth-order valence-electron chi connectivity index (χ4n) is 2.57. The zero-order valence-corrected chi connectivity index (χ0v) is 14.4. The zero-order chi connectivity index (χ0) is 20.9. The summed E-state index contributed by atoms with van der Waals surface area (Å²) in [7, 11) is 0. The number of amides is 1. The first-order valence-electron chi connectivity index (χ1n) is 8.11. The van der Waals surface area contributed by atoms with Gasteiger partial charge in [-0.1, -0.05) is 0 Å². The van der Waals surface area contributed by atoms with Gasteiger partial charge in [0.1, 0.15) is 48.8 Å². The van der Waals surface area contributed by atoms with E-state index in [1.54, 1.807) is 0 Å². The number of nitrogens with one attached hydrogen (secondary N) is 1. The van der Waals surface area contributed by atoms with Crippen molar-refractivity contribution in [2.75, 3.05) is 13.2 Å². The molecule has 2 heterocycles. The molecule has 0 aromatic heterocycles. The molecule has 0 bridgehead atoms. The third-order valence-corrected chi connectivity index (χ3v) is 4.14. The maximum atomic E-state index is 10.7. The van der Waals surface area contributed by atoms with Crippen LogP contribution in [0.25, 0.3) is 0 Å². The quantitative estimate of drug-likeness (QED) is 0.213. The summed E-state index contributed by atoms with van der Waals surface area (Å²) in [5.41, 5.74) is 0. The first-order valence-corrected chi connectivity index (χ1v) is 8.11. The summed E-state index contributed by atoms with van der Waals surface area (Å²) in [5, 5.41) is 84.1. The zero-order valence-electron chi connectivity index (χ0n) is 14.4. The summed E-state index contributed by atoms with van der Waals surface area (Å²) in [5.74, 6) is -0.462. The van der Waals surface area contributed by atoms with E-state index in [1.165, 1.54) is 6.92 Å². The fraction of sp³-hybridized carbons (Fsp3) is 0.929. The number of rotatable bonds is 3. The monoisotopic (exact) mass is 401 g/mol. The molecule has 0 aromatic rings. The minimum absolute atomic E-state index is 0.462. The van der Waals surface area contributed by atoms with Gasteiger partial charge in [0.2, 0.25) is 5.91 Å². The lowest BCUT2D eigenvalue weighted by molar-refractivity contribution is -0.286. The molecule has 1 unspecified atom stereocenters. The van der Waals surface area contributed by atoms with Crippen molar-refractivity contribution in [3.63, 3.8) is 0 Å². The predicted octanol–water partition coefficient (Wildman–Crippen LogP) is -6.30. The Labute approximate surface area is 154 Å². The van der Waals surface area contributed by atoms with Crippen molar-refractivity contribution < 1.29 is 60.2 Å². The van der Waals surface area contributed by atoms with E-state index in [9.17, 15) is 20.1 Å². The van der Waals surface area contributed by atoms with Gasteiger partial charge in [0.05, 0.1) is 13.2 Å². The Bertz CT molecular complexity index is 463. The van der Waals surface area contributed by atoms with Crippen LogP contribution in [0.2, 0.25) is 0 Å². The van der Waals surface area contributed by atoms with Crippen LogP contribution in [0.3, 0.4) is 0 Å². The Morgan fingerprint density at radius 2 is 1.19 bits per heavy atom. The highest BCUT2D eigenvalue weighted by atomic mass is 16.6. The molecular formula is C14H27NO12. The van der Waals surface area contributed by atoms with E-state index in [-0.39, 0.29) is 0 Å². The Hall–Kier alpha value is -0.970. The standard InChI is InChI=1S/C8H15NO6.C6H12O6/c1-3(11)9-5-7(13)6(12)4(2-10)15-8(5)14;7-1-2-3(8)4(9)5(10)6(11)12-2/h4-8,10,12-14H,2H2,1H3,(H,9,11);2-11H,1H2/t4-,5-,6+,7-,8?;2-,3-,4+,5+,6+/m11/s1. The Morgan fingerprint density at radius 3 is 1.63 bits per heavy atom. The van der Waals surface area contributed by atoms with Crippen molar-refractivity contribution in [3.8, 4) is 0 Å². The molecular weight excluding hydrogens is 374 g/mol. The molecule has 0 aliphatic carbocycles. The van der Waals surface area contributed by atoms with Crippen LogP contribution in [0.5, 0.6) is 0 Å². The molecule has 13 heteroatoms. The molecule has 0 aromatic carbocycles. The molecule has 2 fully saturated rings. The number of hydrogen-bond acceptors (Lipinski definition) is 12. The highest BCUT2D eigenvalue weighted by Gasteiger charge is 2.44. The van der Waals surface area contributed by atoms with Crippen LogP contribution in [-0.4, -0.2) is 126 Å². The average molecular weight is 401 g/mol. The van der Waals surface area contributed by atoms with Gasteiger partial charge in [0.25, 0.3) is 0 Å². The van der Waals surface area contributed by atoms with E-state index in [4.69, 9.17) is 35.4 Å². The summed E-state index contributed by atoms with van der Waals surface area (Å²) in [4.78, 5) is 10.7. The smallest absolute Gasteiger partial charge is 0.217 e. The van der Waals surface area contributed by atoms with Gasteiger partial charge in [-0.25, -0.2) is 0 Å². The van der Waals surface area contributed by atoms with Crippen LogP contribution >= 0.6 is 0 Å². The summed E-state index contributed by atoms with van der Waals surface area (Å²) in [6.45, 7) is 0.161. The topological polar surface area (TPSA) is 230 Å². The number of ether oxygens (including phenoxy) is 2. The maximum Gasteiger partial charge on any atom is 0.217 e. The van der Waals surface area contributed by atoms with Crippen molar-refractivity contribution in [2.24, 2.45) is 0 Å². The molecule has 2 aliphatic heterocycles. The van der Waals surface area contributed by atoms with E-state index in [1.807, 2.05) is 0 Å². The first kappa shape index (κ1) is 24.1. The van der Waals surface area contributed by atoms with E-state index in [0.717, 1.165) is 0 Å². The third kappa shape index (κ3) is 6.00. The summed E-state index contributed by atoms with van der Waals surface area (Å²) in [6.07, 6.45) is -12.3. The van der Waals surface area contributed by atoms with Crippen LogP contribution in [0.15, 0.2) is 0 Å². The van der Waals surface area contributed by atoms with Gasteiger partial charge in [0, 0.05) is 6.92 Å². The Balaban J connectivity index is 0.000000277. The van der Waals surface area contributed by atoms with Gasteiger partial charge in [-0.2, -0.15) is 0 Å². The molecule has 10 atom stereocenters. The molecule has 2 aliphatic rings. The van der Waals surface area contributed by atoms with E-state index < -0.39 is 80.5 Å². The summed E-state index contributed by atoms with van der Waals surface area (Å²) in [6, 6.07) is -1.10.